The number of hydrogen-bond donors (Lipinski definition) is 2. The summed E-state index contributed by atoms with van der Waals surface area (Å²) in [6, 6.07) is 11.6. The third-order valence-electron chi connectivity index (χ3n) is 3.23. The smallest absolute Gasteiger partial charge is 0.342 e. The summed E-state index contributed by atoms with van der Waals surface area (Å²) in [5.74, 6) is -0.961. The summed E-state index contributed by atoms with van der Waals surface area (Å²) in [5.41, 5.74) is 6.65. The van der Waals surface area contributed by atoms with Crippen LogP contribution in [0, 0.1) is 0 Å². The van der Waals surface area contributed by atoms with Gasteiger partial charge in [-0.05, 0) is 25.1 Å². The van der Waals surface area contributed by atoms with Gasteiger partial charge in [0.25, 0.3) is 5.91 Å². The van der Waals surface area contributed by atoms with E-state index in [2.05, 4.69) is 5.32 Å². The summed E-state index contributed by atoms with van der Waals surface area (Å²) in [7, 11) is 1.39. The molecule has 3 N–H and O–H groups in total. The predicted molar refractivity (Wildman–Crippen MR) is 92.4 cm³/mol. The van der Waals surface area contributed by atoms with Gasteiger partial charge < -0.3 is 20.5 Å². The Balaban J connectivity index is 2.09. The molecule has 0 fully saturated rings. The van der Waals surface area contributed by atoms with Gasteiger partial charge >= 0.3 is 5.97 Å². The van der Waals surface area contributed by atoms with E-state index in [1.165, 1.54) is 26.2 Å². The van der Waals surface area contributed by atoms with Crippen LogP contribution < -0.4 is 15.8 Å². The Morgan fingerprint density at radius 3 is 2.50 bits per heavy atom. The SMILES string of the molecule is COc1cc(N)c(Cl)cc1C(=O)OC(C)C(=O)Nc1ccccc1. The molecule has 2 aromatic rings. The third kappa shape index (κ3) is 4.17. The van der Waals surface area contributed by atoms with Crippen molar-refractivity contribution < 1.29 is 19.1 Å². The van der Waals surface area contributed by atoms with E-state index >= 15 is 0 Å². The molecule has 1 unspecified atom stereocenters. The number of nitrogens with two attached hydrogens (primary N) is 1. The summed E-state index contributed by atoms with van der Waals surface area (Å²) >= 11 is 5.93. The fourth-order valence-corrected chi connectivity index (χ4v) is 2.10. The zero-order valence-electron chi connectivity index (χ0n) is 13.2. The number of nitrogens with one attached hydrogen (secondary N) is 1. The third-order valence-corrected chi connectivity index (χ3v) is 3.56. The number of hydrogen-bond acceptors (Lipinski definition) is 5. The van der Waals surface area contributed by atoms with Crippen molar-refractivity contribution in [3.05, 3.63) is 53.1 Å². The lowest BCUT2D eigenvalue weighted by molar-refractivity contribution is -0.123. The van der Waals surface area contributed by atoms with Crippen LogP contribution in [0.25, 0.3) is 0 Å². The average Bonchev–Trinajstić information content (AvgIpc) is 2.57. The van der Waals surface area contributed by atoms with Gasteiger partial charge in [0.05, 0.1) is 17.8 Å². The Bertz CT molecular complexity index is 750. The number of anilines is 2. The minimum absolute atomic E-state index is 0.0936. The van der Waals surface area contributed by atoms with Gasteiger partial charge in [-0.15, -0.1) is 0 Å². The van der Waals surface area contributed by atoms with E-state index in [0.717, 1.165) is 0 Å². The van der Waals surface area contributed by atoms with Gasteiger partial charge in [0.2, 0.25) is 0 Å². The molecule has 0 aromatic heterocycles. The highest BCUT2D eigenvalue weighted by Crippen LogP contribution is 2.29. The molecule has 6 nitrogen and oxygen atoms in total. The van der Waals surface area contributed by atoms with Crippen LogP contribution >= 0.6 is 11.6 Å². The number of nitrogen functional groups attached to an aromatic ring is 1. The van der Waals surface area contributed by atoms with Crippen LogP contribution in [0.4, 0.5) is 11.4 Å². The maximum absolute atomic E-state index is 12.3. The van der Waals surface area contributed by atoms with Crippen molar-refractivity contribution in [1.29, 1.82) is 0 Å². The molecule has 0 saturated carbocycles. The summed E-state index contributed by atoms with van der Waals surface area (Å²) < 4.78 is 10.3. The molecule has 2 rings (SSSR count). The standard InChI is InChI=1S/C17H17ClN2O4/c1-10(16(21)20-11-6-4-3-5-7-11)24-17(22)12-8-13(18)14(19)9-15(12)23-2/h3-10H,19H2,1-2H3,(H,20,21). The molecule has 7 heteroatoms. The lowest BCUT2D eigenvalue weighted by Crippen LogP contribution is -2.30. The first kappa shape index (κ1) is 17.6. The lowest BCUT2D eigenvalue weighted by atomic mass is 10.2. The van der Waals surface area contributed by atoms with Crippen molar-refractivity contribution in [2.75, 3.05) is 18.2 Å². The van der Waals surface area contributed by atoms with E-state index in [1.807, 2.05) is 6.07 Å². The molecule has 24 heavy (non-hydrogen) atoms. The molecule has 1 amide bonds. The summed E-state index contributed by atoms with van der Waals surface area (Å²) in [4.78, 5) is 24.4. The zero-order chi connectivity index (χ0) is 17.7. The van der Waals surface area contributed by atoms with E-state index in [0.29, 0.717) is 5.69 Å². The first-order chi connectivity index (χ1) is 11.4. The summed E-state index contributed by atoms with van der Waals surface area (Å²) in [6.45, 7) is 1.47. The second-order valence-corrected chi connectivity index (χ2v) is 5.38. The first-order valence-corrected chi connectivity index (χ1v) is 7.50. The molecule has 0 aliphatic rings. The average molecular weight is 349 g/mol. The van der Waals surface area contributed by atoms with Crippen LogP contribution in [-0.2, 0) is 9.53 Å². The fourth-order valence-electron chi connectivity index (χ4n) is 1.94. The van der Waals surface area contributed by atoms with Crippen LogP contribution in [0.15, 0.2) is 42.5 Å². The molecule has 0 heterocycles. The van der Waals surface area contributed by atoms with Crippen molar-refractivity contribution in [1.82, 2.24) is 0 Å². The molecule has 1 atom stereocenters. The highest BCUT2D eigenvalue weighted by atomic mass is 35.5. The van der Waals surface area contributed by atoms with Crippen molar-refractivity contribution in [2.24, 2.45) is 0 Å². The first-order valence-electron chi connectivity index (χ1n) is 7.12. The van der Waals surface area contributed by atoms with Gasteiger partial charge in [0.15, 0.2) is 6.10 Å². The molecule has 126 valence electrons. The van der Waals surface area contributed by atoms with Crippen molar-refractivity contribution in [3.63, 3.8) is 0 Å². The largest absolute Gasteiger partial charge is 0.496 e. The van der Waals surface area contributed by atoms with Gasteiger partial charge in [-0.25, -0.2) is 4.79 Å². The Morgan fingerprint density at radius 2 is 1.88 bits per heavy atom. The van der Waals surface area contributed by atoms with E-state index in [9.17, 15) is 9.59 Å². The molecule has 0 saturated heterocycles. The number of carbonyl (C=O) groups excluding carboxylic acids is 2. The minimum atomic E-state index is -1.00. The Morgan fingerprint density at radius 1 is 1.21 bits per heavy atom. The Labute approximate surface area is 144 Å². The molecule has 0 radical (unpaired) electrons. The molecule has 0 bridgehead atoms. The molecule has 0 aliphatic heterocycles. The number of para-hydroxylation sites is 1. The monoisotopic (exact) mass is 348 g/mol. The topological polar surface area (TPSA) is 90.7 Å². The van der Waals surface area contributed by atoms with Crippen LogP contribution in [0.1, 0.15) is 17.3 Å². The van der Waals surface area contributed by atoms with Crippen LogP contribution in [0.3, 0.4) is 0 Å². The summed E-state index contributed by atoms with van der Waals surface area (Å²) in [5, 5.41) is 2.85. The molecular weight excluding hydrogens is 332 g/mol. The molecule has 0 spiro atoms. The van der Waals surface area contributed by atoms with Crippen molar-refractivity contribution >= 4 is 34.9 Å². The Kier molecular flexibility index (Phi) is 5.65. The lowest BCUT2D eigenvalue weighted by Gasteiger charge is -2.15. The van der Waals surface area contributed by atoms with E-state index in [-0.39, 0.29) is 22.0 Å². The number of halogens is 1. The molecule has 0 aliphatic carbocycles. The number of esters is 1. The van der Waals surface area contributed by atoms with Crippen LogP contribution in [-0.4, -0.2) is 25.1 Å². The number of rotatable bonds is 5. The number of benzene rings is 2. The number of ether oxygens (including phenoxy) is 2. The second kappa shape index (κ2) is 7.70. The van der Waals surface area contributed by atoms with Crippen LogP contribution in [0.5, 0.6) is 5.75 Å². The van der Waals surface area contributed by atoms with E-state index in [4.69, 9.17) is 26.8 Å². The zero-order valence-corrected chi connectivity index (χ0v) is 14.0. The highest BCUT2D eigenvalue weighted by Gasteiger charge is 2.22. The van der Waals surface area contributed by atoms with E-state index < -0.39 is 18.0 Å². The number of methoxy groups -OCH3 is 1. The number of amides is 1. The van der Waals surface area contributed by atoms with Gasteiger partial charge in [-0.3, -0.25) is 4.79 Å². The van der Waals surface area contributed by atoms with Crippen LogP contribution in [0.2, 0.25) is 5.02 Å². The van der Waals surface area contributed by atoms with Crippen molar-refractivity contribution in [2.45, 2.75) is 13.0 Å². The van der Waals surface area contributed by atoms with Gasteiger partial charge in [-0.1, -0.05) is 29.8 Å². The quantitative estimate of drug-likeness (QED) is 0.640. The fraction of sp³-hybridized carbons (Fsp3) is 0.176. The number of carbonyl (C=O) groups is 2. The van der Waals surface area contributed by atoms with E-state index in [1.54, 1.807) is 24.3 Å². The highest BCUT2D eigenvalue weighted by molar-refractivity contribution is 6.33. The van der Waals surface area contributed by atoms with Gasteiger partial charge in [-0.2, -0.15) is 0 Å². The molecular formula is C17H17ClN2O4. The maximum Gasteiger partial charge on any atom is 0.342 e. The van der Waals surface area contributed by atoms with Gasteiger partial charge in [0, 0.05) is 11.8 Å². The summed E-state index contributed by atoms with van der Waals surface area (Å²) in [6.07, 6.45) is -1.00. The Hall–Kier alpha value is -2.73. The normalized spacial score (nSPS) is 11.5. The van der Waals surface area contributed by atoms with Gasteiger partial charge in [0.1, 0.15) is 11.3 Å². The second-order valence-electron chi connectivity index (χ2n) is 4.98. The van der Waals surface area contributed by atoms with Crippen molar-refractivity contribution in [3.8, 4) is 5.75 Å². The predicted octanol–water partition coefficient (Wildman–Crippen LogP) is 3.11. The molecule has 2 aromatic carbocycles. The maximum atomic E-state index is 12.3. The minimum Gasteiger partial charge on any atom is -0.496 e.